The van der Waals surface area contributed by atoms with E-state index >= 15 is 0 Å². The number of ether oxygens (including phenoxy) is 1. The minimum absolute atomic E-state index is 0.0391. The molecule has 0 spiro atoms. The van der Waals surface area contributed by atoms with Crippen LogP contribution in [0.3, 0.4) is 0 Å². The van der Waals surface area contributed by atoms with Crippen LogP contribution in [0.25, 0.3) is 11.1 Å². The zero-order valence-electron chi connectivity index (χ0n) is 16.4. The third-order valence-electron chi connectivity index (χ3n) is 5.43. The van der Waals surface area contributed by atoms with Crippen LogP contribution in [0.4, 0.5) is 9.18 Å². The highest BCUT2D eigenvalue weighted by Crippen LogP contribution is 2.44. The lowest BCUT2D eigenvalue weighted by Crippen LogP contribution is -2.43. The van der Waals surface area contributed by atoms with Crippen LogP contribution in [-0.4, -0.2) is 34.9 Å². The molecule has 0 radical (unpaired) electrons. The van der Waals surface area contributed by atoms with Gasteiger partial charge in [0.1, 0.15) is 12.6 Å². The number of fused-ring (bicyclic) bond motifs is 3. The number of para-hydroxylation sites is 1. The maximum atomic E-state index is 13.5. The summed E-state index contributed by atoms with van der Waals surface area (Å²) >= 11 is 0. The Morgan fingerprint density at radius 3 is 2.19 bits per heavy atom. The number of aromatic hydroxyl groups is 1. The molecule has 1 atom stereocenters. The number of benzene rings is 3. The molecule has 0 fully saturated rings. The van der Waals surface area contributed by atoms with Crippen LogP contribution in [0.5, 0.6) is 5.75 Å². The molecule has 3 aromatic carbocycles. The second-order valence-corrected chi connectivity index (χ2v) is 7.31. The summed E-state index contributed by atoms with van der Waals surface area (Å²) in [5, 5.41) is 21.5. The van der Waals surface area contributed by atoms with Crippen LogP contribution in [0.15, 0.2) is 66.7 Å². The standard InChI is InChI=1S/C24H20FNO5/c25-20-11-5-6-14(22(20)27)12-21(23(28)29)26-24(30)31-13-19-17-9-3-1-7-15(17)16-8-2-4-10-18(16)19/h1-11,19,21,27H,12-13H2,(H,26,30)(H,28,29)/t21-/m0/s1. The van der Waals surface area contributed by atoms with Gasteiger partial charge in [-0.2, -0.15) is 0 Å². The Morgan fingerprint density at radius 1 is 0.968 bits per heavy atom. The highest BCUT2D eigenvalue weighted by atomic mass is 19.1. The average Bonchev–Trinajstić information content (AvgIpc) is 3.08. The van der Waals surface area contributed by atoms with Gasteiger partial charge in [0.25, 0.3) is 0 Å². The molecule has 0 bridgehead atoms. The second-order valence-electron chi connectivity index (χ2n) is 7.31. The second kappa shape index (κ2) is 8.47. The number of hydrogen-bond donors (Lipinski definition) is 3. The number of amides is 1. The zero-order valence-corrected chi connectivity index (χ0v) is 16.4. The molecule has 1 amide bonds. The Labute approximate surface area is 177 Å². The number of phenols is 1. The van der Waals surface area contributed by atoms with Gasteiger partial charge in [-0.05, 0) is 33.9 Å². The van der Waals surface area contributed by atoms with Crippen LogP contribution in [0, 0.1) is 5.82 Å². The fourth-order valence-corrected chi connectivity index (χ4v) is 3.93. The van der Waals surface area contributed by atoms with Crippen LogP contribution < -0.4 is 5.32 Å². The monoisotopic (exact) mass is 421 g/mol. The third kappa shape index (κ3) is 4.07. The van der Waals surface area contributed by atoms with Gasteiger partial charge in [-0.25, -0.2) is 14.0 Å². The van der Waals surface area contributed by atoms with Crippen molar-refractivity contribution in [2.45, 2.75) is 18.4 Å². The topological polar surface area (TPSA) is 95.9 Å². The average molecular weight is 421 g/mol. The Kier molecular flexibility index (Phi) is 5.58. The summed E-state index contributed by atoms with van der Waals surface area (Å²) in [7, 11) is 0. The SMILES string of the molecule is O=C(N[C@@H](Cc1cccc(F)c1O)C(=O)O)OCC1c2ccccc2-c2ccccc21. The zero-order chi connectivity index (χ0) is 22.0. The van der Waals surface area contributed by atoms with Crippen molar-refractivity contribution in [2.24, 2.45) is 0 Å². The van der Waals surface area contributed by atoms with Gasteiger partial charge in [0.05, 0.1) is 0 Å². The molecule has 7 heteroatoms. The molecule has 1 aliphatic carbocycles. The van der Waals surface area contributed by atoms with Crippen molar-refractivity contribution in [3.05, 3.63) is 89.2 Å². The minimum Gasteiger partial charge on any atom is -0.505 e. The van der Waals surface area contributed by atoms with E-state index in [1.54, 1.807) is 0 Å². The van der Waals surface area contributed by atoms with E-state index in [2.05, 4.69) is 5.32 Å². The predicted octanol–water partition coefficient (Wildman–Crippen LogP) is 4.07. The summed E-state index contributed by atoms with van der Waals surface area (Å²) < 4.78 is 18.9. The molecule has 3 aromatic rings. The quantitative estimate of drug-likeness (QED) is 0.558. The number of aliphatic carboxylic acids is 1. The fraction of sp³-hybridized carbons (Fsp3) is 0.167. The van der Waals surface area contributed by atoms with Crippen molar-refractivity contribution in [1.29, 1.82) is 0 Å². The van der Waals surface area contributed by atoms with Crippen LogP contribution in [-0.2, 0) is 16.0 Å². The highest BCUT2D eigenvalue weighted by molar-refractivity contribution is 5.81. The summed E-state index contributed by atoms with van der Waals surface area (Å²) in [6.45, 7) is 0.0391. The maximum Gasteiger partial charge on any atom is 0.407 e. The minimum atomic E-state index is -1.39. The number of nitrogens with one attached hydrogen (secondary N) is 1. The van der Waals surface area contributed by atoms with Gasteiger partial charge >= 0.3 is 12.1 Å². The molecule has 0 saturated carbocycles. The molecule has 4 rings (SSSR count). The summed E-state index contributed by atoms with van der Waals surface area (Å²) in [6, 6.07) is 18.2. The molecular formula is C24H20FNO5. The molecule has 1 aliphatic rings. The van der Waals surface area contributed by atoms with Gasteiger partial charge in [0.2, 0.25) is 0 Å². The maximum absolute atomic E-state index is 13.5. The summed E-state index contributed by atoms with van der Waals surface area (Å²) in [6.07, 6.45) is -1.19. The predicted molar refractivity (Wildman–Crippen MR) is 111 cm³/mol. The van der Waals surface area contributed by atoms with E-state index in [0.717, 1.165) is 28.3 Å². The van der Waals surface area contributed by atoms with Crippen molar-refractivity contribution in [3.8, 4) is 16.9 Å². The summed E-state index contributed by atoms with van der Waals surface area (Å²) in [4.78, 5) is 23.9. The van der Waals surface area contributed by atoms with Crippen molar-refractivity contribution in [2.75, 3.05) is 6.61 Å². The first-order valence-electron chi connectivity index (χ1n) is 9.76. The molecule has 0 saturated heterocycles. The van der Waals surface area contributed by atoms with Crippen molar-refractivity contribution in [3.63, 3.8) is 0 Å². The molecule has 0 aliphatic heterocycles. The lowest BCUT2D eigenvalue weighted by Gasteiger charge is -2.18. The molecule has 0 aromatic heterocycles. The first kappa shape index (κ1) is 20.4. The van der Waals surface area contributed by atoms with E-state index in [1.807, 2.05) is 48.5 Å². The molecule has 0 heterocycles. The molecule has 3 N–H and O–H groups in total. The molecule has 0 unspecified atom stereocenters. The van der Waals surface area contributed by atoms with Gasteiger partial charge in [-0.3, -0.25) is 0 Å². The number of phenolic OH excluding ortho intramolecular Hbond substituents is 1. The van der Waals surface area contributed by atoms with Crippen molar-refractivity contribution < 1.29 is 28.9 Å². The number of halogens is 1. The number of carbonyl (C=O) groups excluding carboxylic acids is 1. The molecule has 31 heavy (non-hydrogen) atoms. The molecule has 6 nitrogen and oxygen atoms in total. The number of carboxylic acid groups (broad SMARTS) is 1. The first-order chi connectivity index (χ1) is 15.0. The third-order valence-corrected chi connectivity index (χ3v) is 5.43. The number of alkyl carbamates (subject to hydrolysis) is 1. The normalized spacial score (nSPS) is 13.2. The Bertz CT molecular complexity index is 1100. The van der Waals surface area contributed by atoms with Gasteiger partial charge < -0.3 is 20.3 Å². The largest absolute Gasteiger partial charge is 0.505 e. The van der Waals surface area contributed by atoms with Crippen molar-refractivity contribution in [1.82, 2.24) is 5.32 Å². The van der Waals surface area contributed by atoms with Crippen LogP contribution in [0.2, 0.25) is 0 Å². The fourth-order valence-electron chi connectivity index (χ4n) is 3.93. The Balaban J connectivity index is 1.45. The number of carboxylic acids is 1. The van der Waals surface area contributed by atoms with Crippen LogP contribution >= 0.6 is 0 Å². The summed E-state index contributed by atoms with van der Waals surface area (Å²) in [5.74, 6) is -2.98. The highest BCUT2D eigenvalue weighted by Gasteiger charge is 2.30. The van der Waals surface area contributed by atoms with E-state index in [9.17, 15) is 24.2 Å². The van der Waals surface area contributed by atoms with Gasteiger partial charge in [-0.15, -0.1) is 0 Å². The smallest absolute Gasteiger partial charge is 0.407 e. The lowest BCUT2D eigenvalue weighted by atomic mass is 9.98. The van der Waals surface area contributed by atoms with Gasteiger partial charge in [0, 0.05) is 12.3 Å². The first-order valence-corrected chi connectivity index (χ1v) is 9.76. The van der Waals surface area contributed by atoms with Gasteiger partial charge in [0.15, 0.2) is 11.6 Å². The van der Waals surface area contributed by atoms with E-state index in [4.69, 9.17) is 4.74 Å². The molecular weight excluding hydrogens is 401 g/mol. The lowest BCUT2D eigenvalue weighted by molar-refractivity contribution is -0.139. The van der Waals surface area contributed by atoms with E-state index in [1.165, 1.54) is 12.1 Å². The number of carbonyl (C=O) groups is 2. The summed E-state index contributed by atoms with van der Waals surface area (Å²) in [5.41, 5.74) is 4.31. The van der Waals surface area contributed by atoms with E-state index in [0.29, 0.717) is 0 Å². The van der Waals surface area contributed by atoms with E-state index in [-0.39, 0.29) is 24.5 Å². The Morgan fingerprint density at radius 2 is 1.58 bits per heavy atom. The molecule has 158 valence electrons. The van der Waals surface area contributed by atoms with Gasteiger partial charge in [-0.1, -0.05) is 60.7 Å². The van der Waals surface area contributed by atoms with Crippen LogP contribution in [0.1, 0.15) is 22.6 Å². The number of rotatable bonds is 6. The van der Waals surface area contributed by atoms with Crippen molar-refractivity contribution >= 4 is 12.1 Å². The number of hydrogen-bond acceptors (Lipinski definition) is 4. The Hall–Kier alpha value is -3.87. The van der Waals surface area contributed by atoms with E-state index < -0.39 is 29.7 Å².